The van der Waals surface area contributed by atoms with Gasteiger partial charge in [-0.1, -0.05) is 20.8 Å². The third-order valence-electron chi connectivity index (χ3n) is 3.76. The lowest BCUT2D eigenvalue weighted by molar-refractivity contribution is -0.116. The number of rotatable bonds is 11. The van der Waals surface area contributed by atoms with Crippen molar-refractivity contribution in [1.82, 2.24) is 8.61 Å². The van der Waals surface area contributed by atoms with Crippen LogP contribution >= 0.6 is 0 Å². The quantitative estimate of drug-likeness (QED) is 0.597. The first-order chi connectivity index (χ1) is 12.7. The highest BCUT2D eigenvalue weighted by molar-refractivity contribution is 7.86. The van der Waals surface area contributed by atoms with Crippen LogP contribution < -0.4 is 10.6 Å². The highest BCUT2D eigenvalue weighted by Gasteiger charge is 2.29. The van der Waals surface area contributed by atoms with Crippen LogP contribution in [0.3, 0.4) is 0 Å². The van der Waals surface area contributed by atoms with E-state index in [1.165, 1.54) is 15.5 Å². The lowest BCUT2D eigenvalue weighted by Gasteiger charge is -2.28. The molecule has 0 unspecified atom stereocenters. The number of nitrogens with one attached hydrogen (secondary N) is 2. The number of hydrogen-bond donors (Lipinski definition) is 2. The van der Waals surface area contributed by atoms with E-state index in [0.717, 1.165) is 0 Å². The van der Waals surface area contributed by atoms with E-state index in [-0.39, 0.29) is 19.0 Å². The minimum Gasteiger partial charge on any atom is -0.326 e. The molecule has 0 bridgehead atoms. The second-order valence-corrected chi connectivity index (χ2v) is 8.07. The number of carbonyl (C=O) groups is 2. The van der Waals surface area contributed by atoms with Crippen LogP contribution in [0.2, 0.25) is 0 Å². The Labute approximate surface area is 162 Å². The predicted molar refractivity (Wildman–Crippen MR) is 108 cm³/mol. The molecule has 0 aliphatic carbocycles. The SMILES string of the molecule is CCCN(CCC)S(=O)(=O)N(CC)CC(=O)Nc1ccc(NC(C)=O)cc1. The molecule has 0 spiro atoms. The van der Waals surface area contributed by atoms with E-state index in [0.29, 0.717) is 37.3 Å². The van der Waals surface area contributed by atoms with Gasteiger partial charge in [0.15, 0.2) is 0 Å². The molecule has 0 aliphatic rings. The fraction of sp³-hybridized carbons (Fsp3) is 0.556. The molecule has 1 rings (SSSR count). The van der Waals surface area contributed by atoms with E-state index in [1.807, 2.05) is 13.8 Å². The van der Waals surface area contributed by atoms with Crippen molar-refractivity contribution in [2.45, 2.75) is 40.5 Å². The van der Waals surface area contributed by atoms with Crippen molar-refractivity contribution in [3.63, 3.8) is 0 Å². The summed E-state index contributed by atoms with van der Waals surface area (Å²) >= 11 is 0. The largest absolute Gasteiger partial charge is 0.326 e. The van der Waals surface area contributed by atoms with Crippen LogP contribution in [0.1, 0.15) is 40.5 Å². The van der Waals surface area contributed by atoms with Crippen molar-refractivity contribution in [1.29, 1.82) is 0 Å². The van der Waals surface area contributed by atoms with E-state index in [4.69, 9.17) is 0 Å². The van der Waals surface area contributed by atoms with Crippen molar-refractivity contribution in [3.8, 4) is 0 Å². The third-order valence-corrected chi connectivity index (χ3v) is 5.82. The van der Waals surface area contributed by atoms with Crippen LogP contribution in [0.4, 0.5) is 11.4 Å². The van der Waals surface area contributed by atoms with Crippen LogP contribution in [-0.2, 0) is 19.8 Å². The highest BCUT2D eigenvalue weighted by Crippen LogP contribution is 2.14. The van der Waals surface area contributed by atoms with Crippen molar-refractivity contribution >= 4 is 33.4 Å². The second kappa shape index (κ2) is 11.0. The van der Waals surface area contributed by atoms with Gasteiger partial charge < -0.3 is 10.6 Å². The normalized spacial score (nSPS) is 11.6. The summed E-state index contributed by atoms with van der Waals surface area (Å²) in [6, 6.07) is 6.62. The number of anilines is 2. The van der Waals surface area contributed by atoms with Crippen molar-refractivity contribution in [3.05, 3.63) is 24.3 Å². The van der Waals surface area contributed by atoms with Gasteiger partial charge in [-0.15, -0.1) is 0 Å². The van der Waals surface area contributed by atoms with Gasteiger partial charge in [-0.2, -0.15) is 17.0 Å². The van der Waals surface area contributed by atoms with E-state index in [1.54, 1.807) is 31.2 Å². The molecule has 9 heteroatoms. The molecule has 27 heavy (non-hydrogen) atoms. The lowest BCUT2D eigenvalue weighted by Crippen LogP contribution is -2.47. The number of carbonyl (C=O) groups excluding carboxylic acids is 2. The van der Waals surface area contributed by atoms with Gasteiger partial charge in [-0.25, -0.2) is 0 Å². The monoisotopic (exact) mass is 398 g/mol. The van der Waals surface area contributed by atoms with Crippen LogP contribution in [0.5, 0.6) is 0 Å². The Balaban J connectivity index is 2.78. The fourth-order valence-corrected chi connectivity index (χ4v) is 4.32. The van der Waals surface area contributed by atoms with Crippen molar-refractivity contribution in [2.24, 2.45) is 0 Å². The first kappa shape index (κ1) is 23.1. The molecule has 1 aromatic rings. The fourth-order valence-electron chi connectivity index (χ4n) is 2.56. The minimum absolute atomic E-state index is 0.181. The molecular formula is C18H30N4O4S. The molecular weight excluding hydrogens is 368 g/mol. The Morgan fingerprint density at radius 1 is 0.889 bits per heavy atom. The summed E-state index contributed by atoms with van der Waals surface area (Å²) < 4.78 is 28.2. The van der Waals surface area contributed by atoms with Gasteiger partial charge in [0.25, 0.3) is 10.2 Å². The summed E-state index contributed by atoms with van der Waals surface area (Å²) in [6.45, 7) is 7.78. The molecule has 0 heterocycles. The molecule has 8 nitrogen and oxygen atoms in total. The summed E-state index contributed by atoms with van der Waals surface area (Å²) in [5, 5.41) is 5.32. The average Bonchev–Trinajstić information content (AvgIpc) is 2.60. The van der Waals surface area contributed by atoms with Gasteiger partial charge in [0, 0.05) is 37.9 Å². The molecule has 0 saturated heterocycles. The third kappa shape index (κ3) is 7.28. The van der Waals surface area contributed by atoms with E-state index in [9.17, 15) is 18.0 Å². The summed E-state index contributed by atoms with van der Waals surface area (Å²) in [5.74, 6) is -0.597. The number of benzene rings is 1. The first-order valence-electron chi connectivity index (χ1n) is 9.17. The minimum atomic E-state index is -3.69. The highest BCUT2D eigenvalue weighted by atomic mass is 32.2. The number of nitrogens with zero attached hydrogens (tertiary/aromatic N) is 2. The molecule has 0 aliphatic heterocycles. The van der Waals surface area contributed by atoms with Gasteiger partial charge >= 0.3 is 0 Å². The molecule has 2 amide bonds. The Morgan fingerprint density at radius 3 is 1.78 bits per heavy atom. The number of likely N-dealkylation sites (N-methyl/N-ethyl adjacent to an activating group) is 1. The lowest BCUT2D eigenvalue weighted by atomic mass is 10.2. The zero-order valence-corrected chi connectivity index (χ0v) is 17.3. The summed E-state index contributed by atoms with van der Waals surface area (Å²) in [4.78, 5) is 23.3. The Bertz CT molecular complexity index is 713. The van der Waals surface area contributed by atoms with Gasteiger partial charge in [0.05, 0.1) is 6.54 Å². The van der Waals surface area contributed by atoms with Crippen LogP contribution in [0.25, 0.3) is 0 Å². The Hall–Kier alpha value is -1.97. The molecule has 1 aromatic carbocycles. The first-order valence-corrected chi connectivity index (χ1v) is 10.6. The molecule has 0 atom stereocenters. The molecule has 152 valence electrons. The maximum atomic E-state index is 12.8. The van der Waals surface area contributed by atoms with Crippen molar-refractivity contribution in [2.75, 3.05) is 36.8 Å². The van der Waals surface area contributed by atoms with E-state index >= 15 is 0 Å². The molecule has 0 aromatic heterocycles. The van der Waals surface area contributed by atoms with E-state index < -0.39 is 16.1 Å². The van der Waals surface area contributed by atoms with Gasteiger partial charge in [0.2, 0.25) is 11.8 Å². The summed E-state index contributed by atoms with van der Waals surface area (Å²) in [6.07, 6.45) is 1.42. The number of hydrogen-bond acceptors (Lipinski definition) is 4. The smallest absolute Gasteiger partial charge is 0.282 e. The topological polar surface area (TPSA) is 98.8 Å². The predicted octanol–water partition coefficient (Wildman–Crippen LogP) is 2.27. The molecule has 0 fully saturated rings. The Kier molecular flexibility index (Phi) is 9.40. The van der Waals surface area contributed by atoms with E-state index in [2.05, 4.69) is 10.6 Å². The second-order valence-electron chi connectivity index (χ2n) is 6.14. The zero-order valence-electron chi connectivity index (χ0n) is 16.5. The average molecular weight is 399 g/mol. The maximum Gasteiger partial charge on any atom is 0.282 e. The standard InChI is InChI=1S/C18H30N4O4S/c1-5-12-22(13-6-2)27(25,26)21(7-3)14-18(24)20-17-10-8-16(9-11-17)19-15(4)23/h8-11H,5-7,12-14H2,1-4H3,(H,19,23)(H,20,24). The zero-order chi connectivity index (χ0) is 20.4. The van der Waals surface area contributed by atoms with Crippen LogP contribution in [-0.4, -0.2) is 55.0 Å². The maximum absolute atomic E-state index is 12.8. The molecule has 0 radical (unpaired) electrons. The Morgan fingerprint density at radius 2 is 1.37 bits per heavy atom. The molecule has 0 saturated carbocycles. The summed E-state index contributed by atoms with van der Waals surface area (Å²) in [5.41, 5.74) is 1.15. The van der Waals surface area contributed by atoms with Crippen LogP contribution in [0.15, 0.2) is 24.3 Å². The van der Waals surface area contributed by atoms with Gasteiger partial charge in [0.1, 0.15) is 0 Å². The van der Waals surface area contributed by atoms with Crippen LogP contribution in [0, 0.1) is 0 Å². The number of amides is 2. The van der Waals surface area contributed by atoms with Gasteiger partial charge in [-0.05, 0) is 37.1 Å². The molecule has 2 N–H and O–H groups in total. The summed E-state index contributed by atoms with van der Waals surface area (Å²) in [7, 11) is -3.69. The van der Waals surface area contributed by atoms with Gasteiger partial charge in [-0.3, -0.25) is 9.59 Å². The van der Waals surface area contributed by atoms with Crippen molar-refractivity contribution < 1.29 is 18.0 Å².